The Bertz CT molecular complexity index is 589. The second-order valence-corrected chi connectivity index (χ2v) is 6.15. The molecule has 1 saturated heterocycles. The van der Waals surface area contributed by atoms with Gasteiger partial charge in [-0.05, 0) is 25.5 Å². The van der Waals surface area contributed by atoms with Crippen LogP contribution < -0.4 is 0 Å². The highest BCUT2D eigenvalue weighted by Gasteiger charge is 2.40. The second kappa shape index (κ2) is 5.61. The highest BCUT2D eigenvalue weighted by atomic mass is 35.5. The Morgan fingerprint density at radius 3 is 2.67 bits per heavy atom. The predicted molar refractivity (Wildman–Crippen MR) is 80.2 cm³/mol. The van der Waals surface area contributed by atoms with E-state index in [1.54, 1.807) is 11.9 Å². The fourth-order valence-electron chi connectivity index (χ4n) is 2.53. The van der Waals surface area contributed by atoms with E-state index in [0.717, 1.165) is 0 Å². The Labute approximate surface area is 128 Å². The van der Waals surface area contributed by atoms with Crippen LogP contribution in [0, 0.1) is 10.1 Å². The van der Waals surface area contributed by atoms with Crippen molar-refractivity contribution < 1.29 is 9.72 Å². The minimum Gasteiger partial charge on any atom is -0.343 e. The highest BCUT2D eigenvalue weighted by molar-refractivity contribution is 6.31. The first-order valence-electron chi connectivity index (χ1n) is 6.67. The minimum absolute atomic E-state index is 0.00709. The number of nitrogens with zero attached hydrogens (tertiary/aromatic N) is 3. The van der Waals surface area contributed by atoms with Gasteiger partial charge < -0.3 is 4.90 Å². The predicted octanol–water partition coefficient (Wildman–Crippen LogP) is 2.30. The third-order valence-electron chi connectivity index (χ3n) is 3.97. The number of piperazine rings is 1. The first-order chi connectivity index (χ1) is 9.73. The van der Waals surface area contributed by atoms with Crippen LogP contribution in [0.15, 0.2) is 18.2 Å². The fraction of sp³-hybridized carbons (Fsp3) is 0.500. The molecule has 21 heavy (non-hydrogen) atoms. The van der Waals surface area contributed by atoms with E-state index in [4.69, 9.17) is 11.6 Å². The maximum absolute atomic E-state index is 12.3. The summed E-state index contributed by atoms with van der Waals surface area (Å²) in [5.41, 5.74) is 0.0185. The average molecular weight is 312 g/mol. The van der Waals surface area contributed by atoms with Crippen LogP contribution in [0.3, 0.4) is 0 Å². The smallest absolute Gasteiger partial charge is 0.269 e. The van der Waals surface area contributed by atoms with Gasteiger partial charge in [-0.1, -0.05) is 11.6 Å². The third kappa shape index (κ3) is 3.01. The molecule has 2 rings (SSSR count). The van der Waals surface area contributed by atoms with Gasteiger partial charge >= 0.3 is 0 Å². The largest absolute Gasteiger partial charge is 0.343 e. The van der Waals surface area contributed by atoms with Crippen molar-refractivity contribution in [3.05, 3.63) is 38.9 Å². The van der Waals surface area contributed by atoms with E-state index in [2.05, 4.69) is 0 Å². The quantitative estimate of drug-likeness (QED) is 0.634. The summed E-state index contributed by atoms with van der Waals surface area (Å²) >= 11 is 6.13. The number of carbonyl (C=O) groups is 1. The van der Waals surface area contributed by atoms with Crippen molar-refractivity contribution in [1.29, 1.82) is 0 Å². The second-order valence-electron chi connectivity index (χ2n) is 5.74. The van der Waals surface area contributed by atoms with Crippen LogP contribution in [-0.2, 0) is 11.3 Å². The average Bonchev–Trinajstić information content (AvgIpc) is 2.41. The summed E-state index contributed by atoms with van der Waals surface area (Å²) in [6, 6.07) is 4.38. The molecular formula is C14H18ClN3O3. The monoisotopic (exact) mass is 311 g/mol. The van der Waals surface area contributed by atoms with Crippen molar-refractivity contribution in [2.45, 2.75) is 25.9 Å². The summed E-state index contributed by atoms with van der Waals surface area (Å²) in [5.74, 6) is 0.0373. The van der Waals surface area contributed by atoms with Crippen LogP contribution in [0.5, 0.6) is 0 Å². The van der Waals surface area contributed by atoms with Gasteiger partial charge in [0.1, 0.15) is 0 Å². The van der Waals surface area contributed by atoms with Gasteiger partial charge in [-0.3, -0.25) is 19.8 Å². The molecule has 0 bridgehead atoms. The van der Waals surface area contributed by atoms with Gasteiger partial charge in [-0.25, -0.2) is 0 Å². The molecule has 1 amide bonds. The standard InChI is InChI=1S/C14H18ClN3O3/c1-14(2)13(19)16(3)6-7-17(14)9-10-8-11(18(20)21)4-5-12(10)15/h4-5,8H,6-7,9H2,1-3H3. The lowest BCUT2D eigenvalue weighted by Gasteiger charge is -2.44. The summed E-state index contributed by atoms with van der Waals surface area (Å²) in [5, 5.41) is 11.3. The van der Waals surface area contributed by atoms with Crippen molar-refractivity contribution in [3.8, 4) is 0 Å². The number of halogens is 1. The molecule has 0 saturated carbocycles. The summed E-state index contributed by atoms with van der Waals surface area (Å²) in [4.78, 5) is 26.4. The summed E-state index contributed by atoms with van der Waals surface area (Å²) in [7, 11) is 1.78. The van der Waals surface area contributed by atoms with E-state index in [1.807, 2.05) is 18.7 Å². The fourth-order valence-corrected chi connectivity index (χ4v) is 2.71. The Morgan fingerprint density at radius 2 is 2.05 bits per heavy atom. The van der Waals surface area contributed by atoms with E-state index >= 15 is 0 Å². The molecule has 0 aromatic heterocycles. The Kier molecular flexibility index (Phi) is 4.20. The van der Waals surface area contributed by atoms with Crippen molar-refractivity contribution >= 4 is 23.2 Å². The SMILES string of the molecule is CN1CCN(Cc2cc([N+](=O)[O-])ccc2Cl)C(C)(C)C1=O. The minimum atomic E-state index is -0.652. The van der Waals surface area contributed by atoms with Gasteiger partial charge in [-0.15, -0.1) is 0 Å². The molecule has 1 heterocycles. The lowest BCUT2D eigenvalue weighted by molar-refractivity contribution is -0.384. The van der Waals surface area contributed by atoms with Crippen molar-refractivity contribution in [2.24, 2.45) is 0 Å². The zero-order valence-corrected chi connectivity index (χ0v) is 13.1. The zero-order valence-electron chi connectivity index (χ0n) is 12.3. The maximum Gasteiger partial charge on any atom is 0.269 e. The first-order valence-corrected chi connectivity index (χ1v) is 7.04. The number of benzene rings is 1. The number of amides is 1. The number of hydrogen-bond donors (Lipinski definition) is 0. The van der Waals surface area contributed by atoms with Crippen molar-refractivity contribution in [1.82, 2.24) is 9.80 Å². The van der Waals surface area contributed by atoms with E-state index in [-0.39, 0.29) is 11.6 Å². The van der Waals surface area contributed by atoms with Gasteiger partial charge in [0, 0.05) is 43.8 Å². The Morgan fingerprint density at radius 1 is 1.38 bits per heavy atom. The highest BCUT2D eigenvalue weighted by Crippen LogP contribution is 2.28. The molecule has 0 atom stereocenters. The van der Waals surface area contributed by atoms with E-state index < -0.39 is 10.5 Å². The lowest BCUT2D eigenvalue weighted by Crippen LogP contribution is -2.61. The Hall–Kier alpha value is -1.66. The molecule has 0 unspecified atom stereocenters. The van der Waals surface area contributed by atoms with Crippen molar-refractivity contribution in [3.63, 3.8) is 0 Å². The van der Waals surface area contributed by atoms with Crippen LogP contribution in [-0.4, -0.2) is 46.3 Å². The van der Waals surface area contributed by atoms with Crippen LogP contribution in [0.25, 0.3) is 0 Å². The van der Waals surface area contributed by atoms with E-state index in [0.29, 0.717) is 30.2 Å². The number of non-ortho nitro benzene ring substituents is 1. The molecule has 0 spiro atoms. The van der Waals surface area contributed by atoms with Crippen LogP contribution >= 0.6 is 11.6 Å². The topological polar surface area (TPSA) is 66.7 Å². The van der Waals surface area contributed by atoms with Crippen LogP contribution in [0.2, 0.25) is 5.02 Å². The Balaban J connectivity index is 2.27. The van der Waals surface area contributed by atoms with Crippen LogP contribution in [0.4, 0.5) is 5.69 Å². The molecule has 1 aromatic carbocycles. The van der Waals surface area contributed by atoms with Crippen LogP contribution in [0.1, 0.15) is 19.4 Å². The number of carbonyl (C=O) groups excluding carboxylic acids is 1. The van der Waals surface area contributed by atoms with Crippen molar-refractivity contribution in [2.75, 3.05) is 20.1 Å². The molecule has 1 aliphatic rings. The molecule has 114 valence electrons. The molecule has 0 N–H and O–H groups in total. The number of nitro groups is 1. The molecule has 7 heteroatoms. The van der Waals surface area contributed by atoms with E-state index in [1.165, 1.54) is 18.2 Å². The maximum atomic E-state index is 12.3. The molecule has 1 aromatic rings. The molecule has 0 aliphatic carbocycles. The summed E-state index contributed by atoms with van der Waals surface area (Å²) < 4.78 is 0. The number of hydrogen-bond acceptors (Lipinski definition) is 4. The summed E-state index contributed by atoms with van der Waals surface area (Å²) in [6.45, 7) is 5.46. The normalized spacial score (nSPS) is 18.9. The zero-order chi connectivity index (χ0) is 15.8. The van der Waals surface area contributed by atoms with E-state index in [9.17, 15) is 14.9 Å². The van der Waals surface area contributed by atoms with Gasteiger partial charge in [0.15, 0.2) is 0 Å². The molecule has 1 fully saturated rings. The lowest BCUT2D eigenvalue weighted by atomic mass is 9.97. The third-order valence-corrected chi connectivity index (χ3v) is 4.34. The molecular weight excluding hydrogens is 294 g/mol. The van der Waals surface area contributed by atoms with Gasteiger partial charge in [0.25, 0.3) is 5.69 Å². The first kappa shape index (κ1) is 15.7. The number of nitro benzene ring substituents is 1. The van der Waals surface area contributed by atoms with Gasteiger partial charge in [0.2, 0.25) is 5.91 Å². The molecule has 1 aliphatic heterocycles. The number of rotatable bonds is 3. The van der Waals surface area contributed by atoms with Gasteiger partial charge in [0.05, 0.1) is 10.5 Å². The molecule has 0 radical (unpaired) electrons. The van der Waals surface area contributed by atoms with Gasteiger partial charge in [-0.2, -0.15) is 0 Å². The summed E-state index contributed by atoms with van der Waals surface area (Å²) in [6.07, 6.45) is 0. The molecule has 6 nitrogen and oxygen atoms in total. The number of likely N-dealkylation sites (N-methyl/N-ethyl adjacent to an activating group) is 1.